The summed E-state index contributed by atoms with van der Waals surface area (Å²) in [6.07, 6.45) is 0. The Hall–Kier alpha value is -2.58. The van der Waals surface area contributed by atoms with Crippen LogP contribution in [0, 0.1) is 0 Å². The van der Waals surface area contributed by atoms with E-state index in [0.29, 0.717) is 0 Å². The maximum Gasteiger partial charge on any atom is 0.325 e. The number of benzene rings is 2. The lowest BCUT2D eigenvalue weighted by molar-refractivity contribution is -0.137. The molecule has 0 fully saturated rings. The van der Waals surface area contributed by atoms with E-state index in [-0.39, 0.29) is 17.2 Å². The predicted molar refractivity (Wildman–Crippen MR) is 100 cm³/mol. The molecular formula is C16H14ClN5O2S. The Kier molecular flexibility index (Phi) is 4.91. The van der Waals surface area contributed by atoms with Crippen LogP contribution in [0.2, 0.25) is 5.28 Å². The Labute approximate surface area is 153 Å². The number of aromatic nitrogens is 3. The van der Waals surface area contributed by atoms with E-state index in [0.717, 1.165) is 21.4 Å². The van der Waals surface area contributed by atoms with Gasteiger partial charge in [0.1, 0.15) is 6.04 Å². The topological polar surface area (TPSA) is 100 Å². The van der Waals surface area contributed by atoms with Crippen molar-refractivity contribution in [2.45, 2.75) is 17.9 Å². The third-order valence-electron chi connectivity index (χ3n) is 3.43. The molecule has 7 nitrogen and oxygen atoms in total. The van der Waals surface area contributed by atoms with Crippen LogP contribution in [0.3, 0.4) is 0 Å². The first-order chi connectivity index (χ1) is 11.9. The first kappa shape index (κ1) is 17.2. The van der Waals surface area contributed by atoms with Gasteiger partial charge in [-0.05, 0) is 42.1 Å². The number of fused-ring (bicyclic) bond motifs is 1. The highest BCUT2D eigenvalue weighted by Gasteiger charge is 2.14. The molecule has 128 valence electrons. The van der Waals surface area contributed by atoms with Crippen molar-refractivity contribution < 1.29 is 9.90 Å². The van der Waals surface area contributed by atoms with E-state index in [2.05, 4.69) is 38.2 Å². The highest BCUT2D eigenvalue weighted by molar-refractivity contribution is 7.80. The highest BCUT2D eigenvalue weighted by atomic mass is 35.5. The third kappa shape index (κ3) is 4.09. The van der Waals surface area contributed by atoms with Crippen LogP contribution in [-0.4, -0.2) is 32.1 Å². The van der Waals surface area contributed by atoms with Gasteiger partial charge in [0.05, 0.1) is 0 Å². The number of hydrogen-bond acceptors (Lipinski definition) is 7. The molecular weight excluding hydrogens is 362 g/mol. The van der Waals surface area contributed by atoms with E-state index in [1.54, 1.807) is 0 Å². The zero-order chi connectivity index (χ0) is 18.0. The number of nitrogens with one attached hydrogen (secondary N) is 2. The van der Waals surface area contributed by atoms with E-state index < -0.39 is 12.0 Å². The number of hydrogen-bond donors (Lipinski definition) is 4. The number of rotatable bonds is 5. The Morgan fingerprint density at radius 2 is 1.96 bits per heavy atom. The van der Waals surface area contributed by atoms with Gasteiger partial charge in [-0.2, -0.15) is 15.0 Å². The maximum atomic E-state index is 10.9. The minimum Gasteiger partial charge on any atom is -0.480 e. The summed E-state index contributed by atoms with van der Waals surface area (Å²) in [5, 5.41) is 16.6. The lowest BCUT2D eigenvalue weighted by atomic mass is 10.1. The normalized spacial score (nSPS) is 12.0. The Bertz CT molecular complexity index is 953. The van der Waals surface area contributed by atoms with Crippen molar-refractivity contribution in [2.75, 3.05) is 10.6 Å². The first-order valence-corrected chi connectivity index (χ1v) is 8.14. The van der Waals surface area contributed by atoms with Gasteiger partial charge in [0.2, 0.25) is 17.2 Å². The lowest BCUT2D eigenvalue weighted by Gasteiger charge is -2.12. The highest BCUT2D eigenvalue weighted by Crippen LogP contribution is 2.27. The molecule has 0 bridgehead atoms. The molecule has 0 aliphatic rings. The third-order valence-corrected chi connectivity index (χ3v) is 3.88. The van der Waals surface area contributed by atoms with Crippen LogP contribution in [-0.2, 0) is 4.79 Å². The van der Waals surface area contributed by atoms with Crippen LogP contribution in [0.15, 0.2) is 41.3 Å². The van der Waals surface area contributed by atoms with Crippen LogP contribution in [0.25, 0.3) is 10.8 Å². The molecule has 1 atom stereocenters. The Morgan fingerprint density at radius 3 is 2.72 bits per heavy atom. The first-order valence-electron chi connectivity index (χ1n) is 7.32. The van der Waals surface area contributed by atoms with Gasteiger partial charge in [-0.3, -0.25) is 4.79 Å². The van der Waals surface area contributed by atoms with E-state index in [1.807, 2.05) is 36.4 Å². The molecule has 3 aromatic rings. The predicted octanol–water partition coefficient (Wildman–Crippen LogP) is 3.60. The summed E-state index contributed by atoms with van der Waals surface area (Å²) in [7, 11) is 0. The molecule has 0 saturated carbocycles. The molecule has 0 spiro atoms. The lowest BCUT2D eigenvalue weighted by Crippen LogP contribution is -2.26. The standard InChI is InChI=1S/C16H14ClN5O2S/c1-8(13(23)24)18-15-20-14(17)21-16(22-15)19-12-4-2-3-9-7-10(25)5-6-11(9)12/h2-8,25H,1H3,(H,23,24)(H2,18,19,20,21,22). The van der Waals surface area contributed by atoms with E-state index in [9.17, 15) is 4.79 Å². The number of anilines is 3. The van der Waals surface area contributed by atoms with Gasteiger partial charge in [-0.15, -0.1) is 12.6 Å². The molecule has 9 heteroatoms. The summed E-state index contributed by atoms with van der Waals surface area (Å²) < 4.78 is 0. The number of thiol groups is 1. The van der Waals surface area contributed by atoms with Gasteiger partial charge in [0.15, 0.2) is 0 Å². The van der Waals surface area contributed by atoms with Crippen molar-refractivity contribution in [1.82, 2.24) is 15.0 Å². The van der Waals surface area contributed by atoms with Crippen molar-refractivity contribution >= 4 is 58.6 Å². The van der Waals surface area contributed by atoms with Gasteiger partial charge < -0.3 is 15.7 Å². The van der Waals surface area contributed by atoms with E-state index >= 15 is 0 Å². The molecule has 1 heterocycles. The number of nitrogens with zero attached hydrogens (tertiary/aromatic N) is 3. The number of halogens is 1. The molecule has 1 aromatic heterocycles. The van der Waals surface area contributed by atoms with Crippen LogP contribution >= 0.6 is 24.2 Å². The summed E-state index contributed by atoms with van der Waals surface area (Å²) in [5.41, 5.74) is 0.783. The van der Waals surface area contributed by atoms with Gasteiger partial charge >= 0.3 is 5.97 Å². The summed E-state index contributed by atoms with van der Waals surface area (Å²) in [4.78, 5) is 23.9. The second kappa shape index (κ2) is 7.12. The SMILES string of the molecule is CC(Nc1nc(Cl)nc(Nc2cccc3cc(S)ccc23)n1)C(=O)O. The fraction of sp³-hybridized carbons (Fsp3) is 0.125. The number of carboxylic acid groups (broad SMARTS) is 1. The number of carboxylic acids is 1. The largest absolute Gasteiger partial charge is 0.480 e. The van der Waals surface area contributed by atoms with Crippen LogP contribution in [0.5, 0.6) is 0 Å². The molecule has 2 aromatic carbocycles. The average Bonchev–Trinajstić information content (AvgIpc) is 2.54. The molecule has 0 radical (unpaired) electrons. The molecule has 3 N–H and O–H groups in total. The molecule has 0 saturated heterocycles. The Morgan fingerprint density at radius 1 is 1.20 bits per heavy atom. The monoisotopic (exact) mass is 375 g/mol. The van der Waals surface area contributed by atoms with Gasteiger partial charge in [-0.1, -0.05) is 18.2 Å². The summed E-state index contributed by atoms with van der Waals surface area (Å²) in [6, 6.07) is 10.7. The van der Waals surface area contributed by atoms with Crippen molar-refractivity contribution in [3.63, 3.8) is 0 Å². The van der Waals surface area contributed by atoms with E-state index in [4.69, 9.17) is 16.7 Å². The number of aliphatic carboxylic acids is 1. The summed E-state index contributed by atoms with van der Waals surface area (Å²) in [6.45, 7) is 1.48. The fourth-order valence-electron chi connectivity index (χ4n) is 2.23. The molecule has 0 aliphatic carbocycles. The van der Waals surface area contributed by atoms with Gasteiger partial charge in [0.25, 0.3) is 0 Å². The van der Waals surface area contributed by atoms with Crippen molar-refractivity contribution in [2.24, 2.45) is 0 Å². The molecule has 1 unspecified atom stereocenters. The van der Waals surface area contributed by atoms with Crippen molar-refractivity contribution in [1.29, 1.82) is 0 Å². The van der Waals surface area contributed by atoms with Crippen molar-refractivity contribution in [3.05, 3.63) is 41.7 Å². The number of carbonyl (C=O) groups is 1. The minimum absolute atomic E-state index is 0.0459. The Balaban J connectivity index is 1.93. The van der Waals surface area contributed by atoms with Gasteiger partial charge in [0, 0.05) is 16.0 Å². The molecule has 0 aliphatic heterocycles. The average molecular weight is 376 g/mol. The zero-order valence-electron chi connectivity index (χ0n) is 13.1. The second-order valence-corrected chi connectivity index (χ2v) is 6.15. The van der Waals surface area contributed by atoms with E-state index in [1.165, 1.54) is 6.92 Å². The molecule has 0 amide bonds. The molecule has 3 rings (SSSR count). The van der Waals surface area contributed by atoms with Gasteiger partial charge in [-0.25, -0.2) is 0 Å². The fourth-order valence-corrected chi connectivity index (χ4v) is 2.60. The smallest absolute Gasteiger partial charge is 0.325 e. The van der Waals surface area contributed by atoms with Crippen LogP contribution in [0.1, 0.15) is 6.92 Å². The van der Waals surface area contributed by atoms with Crippen molar-refractivity contribution in [3.8, 4) is 0 Å². The quantitative estimate of drug-likeness (QED) is 0.505. The summed E-state index contributed by atoms with van der Waals surface area (Å²) in [5.74, 6) is -0.736. The second-order valence-electron chi connectivity index (χ2n) is 5.29. The van der Waals surface area contributed by atoms with Crippen LogP contribution < -0.4 is 10.6 Å². The summed E-state index contributed by atoms with van der Waals surface area (Å²) >= 11 is 10.3. The zero-order valence-corrected chi connectivity index (χ0v) is 14.7. The molecule has 25 heavy (non-hydrogen) atoms. The van der Waals surface area contributed by atoms with Crippen LogP contribution in [0.4, 0.5) is 17.6 Å². The minimum atomic E-state index is -1.03. The maximum absolute atomic E-state index is 10.9.